The minimum absolute atomic E-state index is 0.0756. The van der Waals surface area contributed by atoms with Gasteiger partial charge < -0.3 is 10.4 Å². The summed E-state index contributed by atoms with van der Waals surface area (Å²) in [5.41, 5.74) is 1.38. The molecule has 2 rings (SSSR count). The Labute approximate surface area is 80.6 Å². The van der Waals surface area contributed by atoms with Gasteiger partial charge in [-0.1, -0.05) is 0 Å². The molecule has 1 aromatic carbocycles. The van der Waals surface area contributed by atoms with Crippen molar-refractivity contribution in [2.24, 2.45) is 0 Å². The van der Waals surface area contributed by atoms with E-state index in [4.69, 9.17) is 0 Å². The minimum Gasteiger partial charge on any atom is -0.507 e. The molecule has 0 atom stereocenters. The number of aromatic hydroxyl groups is 1. The van der Waals surface area contributed by atoms with Gasteiger partial charge in [0.15, 0.2) is 5.78 Å². The predicted molar refractivity (Wildman–Crippen MR) is 50.4 cm³/mol. The summed E-state index contributed by atoms with van der Waals surface area (Å²) in [4.78, 5) is 22.1. The maximum absolute atomic E-state index is 11.1. The van der Waals surface area contributed by atoms with Crippen LogP contribution in [0.2, 0.25) is 0 Å². The number of hydrogen-bond acceptors (Lipinski definition) is 3. The molecule has 0 radical (unpaired) electrons. The highest BCUT2D eigenvalue weighted by atomic mass is 16.3. The van der Waals surface area contributed by atoms with Crippen LogP contribution in [0.4, 0.5) is 5.69 Å². The number of amides is 1. The lowest BCUT2D eigenvalue weighted by Crippen LogP contribution is -2.03. The molecular weight excluding hydrogens is 182 g/mol. The predicted octanol–water partition coefficient (Wildman–Crippen LogP) is 1.09. The van der Waals surface area contributed by atoms with E-state index in [2.05, 4.69) is 5.32 Å². The lowest BCUT2D eigenvalue weighted by atomic mass is 10.0. The summed E-state index contributed by atoms with van der Waals surface area (Å²) in [6, 6.07) is 3.15. The second-order valence-corrected chi connectivity index (χ2v) is 3.27. The van der Waals surface area contributed by atoms with Crippen molar-refractivity contribution in [1.82, 2.24) is 0 Å². The standard InChI is InChI=1S/C10H9NO3/c1-5(12)6-2-3-8-7(10(6)14)4-9(13)11-8/h2-3,14H,4H2,1H3,(H,11,13). The topological polar surface area (TPSA) is 66.4 Å². The molecular formula is C10H9NO3. The van der Waals surface area contributed by atoms with Crippen LogP contribution in [0.3, 0.4) is 0 Å². The third-order valence-corrected chi connectivity index (χ3v) is 2.27. The first kappa shape index (κ1) is 8.74. The molecule has 0 saturated heterocycles. The smallest absolute Gasteiger partial charge is 0.229 e. The van der Waals surface area contributed by atoms with Crippen LogP contribution >= 0.6 is 0 Å². The van der Waals surface area contributed by atoms with E-state index in [-0.39, 0.29) is 29.4 Å². The van der Waals surface area contributed by atoms with Crippen molar-refractivity contribution in [3.05, 3.63) is 23.3 Å². The van der Waals surface area contributed by atoms with Crippen molar-refractivity contribution < 1.29 is 14.7 Å². The molecule has 0 bridgehead atoms. The molecule has 2 N–H and O–H groups in total. The number of nitrogens with one attached hydrogen (secondary N) is 1. The normalized spacial score (nSPS) is 13.6. The Kier molecular flexibility index (Phi) is 1.77. The molecule has 1 aliphatic heterocycles. The third kappa shape index (κ3) is 1.16. The van der Waals surface area contributed by atoms with Crippen molar-refractivity contribution >= 4 is 17.4 Å². The van der Waals surface area contributed by atoms with Crippen LogP contribution in [-0.4, -0.2) is 16.8 Å². The molecule has 1 aromatic rings. The second-order valence-electron chi connectivity index (χ2n) is 3.27. The van der Waals surface area contributed by atoms with E-state index < -0.39 is 0 Å². The molecule has 0 aliphatic carbocycles. The summed E-state index contributed by atoms with van der Waals surface area (Å²) in [5, 5.41) is 12.3. The summed E-state index contributed by atoms with van der Waals surface area (Å²) in [6.45, 7) is 1.38. The van der Waals surface area contributed by atoms with Gasteiger partial charge in [-0.2, -0.15) is 0 Å². The fourth-order valence-corrected chi connectivity index (χ4v) is 1.57. The fraction of sp³-hybridized carbons (Fsp3) is 0.200. The number of ketones is 1. The number of Topliss-reactive ketones (excluding diaryl/α,β-unsaturated/α-hetero) is 1. The van der Waals surface area contributed by atoms with Crippen molar-refractivity contribution in [2.75, 3.05) is 5.32 Å². The molecule has 1 amide bonds. The zero-order valence-corrected chi connectivity index (χ0v) is 7.63. The molecule has 0 saturated carbocycles. The van der Waals surface area contributed by atoms with Gasteiger partial charge in [-0.25, -0.2) is 0 Å². The van der Waals surface area contributed by atoms with Crippen LogP contribution in [0.25, 0.3) is 0 Å². The van der Waals surface area contributed by atoms with E-state index in [1.807, 2.05) is 0 Å². The van der Waals surface area contributed by atoms with E-state index in [0.717, 1.165) is 0 Å². The fourth-order valence-electron chi connectivity index (χ4n) is 1.57. The van der Waals surface area contributed by atoms with Crippen molar-refractivity contribution in [3.8, 4) is 5.75 Å². The molecule has 1 heterocycles. The molecule has 14 heavy (non-hydrogen) atoms. The van der Waals surface area contributed by atoms with E-state index in [1.54, 1.807) is 6.07 Å². The zero-order chi connectivity index (χ0) is 10.3. The maximum atomic E-state index is 11.1. The summed E-state index contributed by atoms with van der Waals surface area (Å²) < 4.78 is 0. The number of benzene rings is 1. The van der Waals surface area contributed by atoms with Gasteiger partial charge >= 0.3 is 0 Å². The molecule has 0 aromatic heterocycles. The number of fused-ring (bicyclic) bond motifs is 1. The van der Waals surface area contributed by atoms with Gasteiger partial charge in [-0.15, -0.1) is 0 Å². The lowest BCUT2D eigenvalue weighted by molar-refractivity contribution is -0.115. The van der Waals surface area contributed by atoms with E-state index in [9.17, 15) is 14.7 Å². The number of rotatable bonds is 1. The number of phenolic OH excluding ortho intramolecular Hbond substituents is 1. The molecule has 0 unspecified atom stereocenters. The average Bonchev–Trinajstić information content (AvgIpc) is 2.46. The Balaban J connectivity index is 2.59. The highest BCUT2D eigenvalue weighted by Crippen LogP contribution is 2.33. The Bertz CT molecular complexity index is 437. The summed E-state index contributed by atoms with van der Waals surface area (Å²) in [7, 11) is 0. The van der Waals surface area contributed by atoms with Gasteiger partial charge in [0.2, 0.25) is 5.91 Å². The Hall–Kier alpha value is -1.84. The Morgan fingerprint density at radius 1 is 1.50 bits per heavy atom. The number of hydrogen-bond donors (Lipinski definition) is 2. The van der Waals surface area contributed by atoms with Crippen molar-refractivity contribution in [1.29, 1.82) is 0 Å². The SMILES string of the molecule is CC(=O)c1ccc2c(c1O)CC(=O)N2. The average molecular weight is 191 g/mol. The minimum atomic E-state index is -0.204. The molecule has 4 nitrogen and oxygen atoms in total. The number of phenols is 1. The summed E-state index contributed by atoms with van der Waals surface area (Å²) in [5.74, 6) is -0.436. The van der Waals surface area contributed by atoms with E-state index >= 15 is 0 Å². The first-order valence-electron chi connectivity index (χ1n) is 4.25. The van der Waals surface area contributed by atoms with Gasteiger partial charge in [0, 0.05) is 11.3 Å². The van der Waals surface area contributed by atoms with Gasteiger partial charge in [-0.3, -0.25) is 9.59 Å². The van der Waals surface area contributed by atoms with E-state index in [0.29, 0.717) is 11.3 Å². The van der Waals surface area contributed by atoms with Gasteiger partial charge in [0.05, 0.1) is 12.0 Å². The molecule has 4 heteroatoms. The number of anilines is 1. The first-order chi connectivity index (χ1) is 6.59. The number of carbonyl (C=O) groups excluding carboxylic acids is 2. The molecule has 0 fully saturated rings. The van der Waals surface area contributed by atoms with Crippen LogP contribution in [0.1, 0.15) is 22.8 Å². The van der Waals surface area contributed by atoms with Crippen molar-refractivity contribution in [3.63, 3.8) is 0 Å². The monoisotopic (exact) mass is 191 g/mol. The largest absolute Gasteiger partial charge is 0.507 e. The number of carbonyl (C=O) groups is 2. The highest BCUT2D eigenvalue weighted by Gasteiger charge is 2.23. The quantitative estimate of drug-likeness (QED) is 0.653. The van der Waals surface area contributed by atoms with Crippen LogP contribution < -0.4 is 5.32 Å². The molecule has 1 aliphatic rings. The van der Waals surface area contributed by atoms with Crippen LogP contribution in [-0.2, 0) is 11.2 Å². The van der Waals surface area contributed by atoms with Crippen LogP contribution in [0, 0.1) is 0 Å². The molecule has 72 valence electrons. The highest BCUT2D eigenvalue weighted by molar-refractivity contribution is 6.04. The Morgan fingerprint density at radius 2 is 2.21 bits per heavy atom. The zero-order valence-electron chi connectivity index (χ0n) is 7.63. The van der Waals surface area contributed by atoms with Gasteiger partial charge in [0.25, 0.3) is 0 Å². The van der Waals surface area contributed by atoms with Crippen LogP contribution in [0.15, 0.2) is 12.1 Å². The van der Waals surface area contributed by atoms with E-state index in [1.165, 1.54) is 13.0 Å². The molecule has 0 spiro atoms. The maximum Gasteiger partial charge on any atom is 0.229 e. The van der Waals surface area contributed by atoms with Gasteiger partial charge in [0.1, 0.15) is 5.75 Å². The van der Waals surface area contributed by atoms with Crippen LogP contribution in [0.5, 0.6) is 5.75 Å². The lowest BCUT2D eigenvalue weighted by Gasteiger charge is -2.04. The van der Waals surface area contributed by atoms with Crippen molar-refractivity contribution in [2.45, 2.75) is 13.3 Å². The first-order valence-corrected chi connectivity index (χ1v) is 4.25. The van der Waals surface area contributed by atoms with Gasteiger partial charge in [-0.05, 0) is 19.1 Å². The third-order valence-electron chi connectivity index (χ3n) is 2.27. The summed E-state index contributed by atoms with van der Waals surface area (Å²) >= 11 is 0. The Morgan fingerprint density at radius 3 is 2.86 bits per heavy atom. The second kappa shape index (κ2) is 2.83. The summed E-state index contributed by atoms with van der Waals surface area (Å²) in [6.07, 6.45) is 0.141.